The average molecular weight is 383 g/mol. The van der Waals surface area contributed by atoms with Gasteiger partial charge in [0, 0.05) is 0 Å². The molecule has 0 aromatic carbocycles. The molecular formula is C15H33O3Sb. The minimum atomic E-state index is -2.37. The second kappa shape index (κ2) is 12.4. The predicted octanol–water partition coefficient (Wildman–Crippen LogP) is 4.16. The molecule has 0 aliphatic rings. The van der Waals surface area contributed by atoms with Crippen molar-refractivity contribution in [1.82, 2.24) is 0 Å². The third-order valence-corrected chi connectivity index (χ3v) is 6.04. The molecule has 3 nitrogen and oxygen atoms in total. The summed E-state index contributed by atoms with van der Waals surface area (Å²) in [5, 5.41) is 0. The predicted molar refractivity (Wildman–Crippen MR) is 82.0 cm³/mol. The van der Waals surface area contributed by atoms with Crippen LogP contribution in [0.2, 0.25) is 0 Å². The molecule has 19 heavy (non-hydrogen) atoms. The Morgan fingerprint density at radius 3 is 1.05 bits per heavy atom. The number of rotatable bonds is 12. The van der Waals surface area contributed by atoms with E-state index >= 15 is 0 Å². The number of hydrogen-bond donors (Lipinski definition) is 0. The van der Waals surface area contributed by atoms with Crippen molar-refractivity contribution in [2.75, 3.05) is 19.8 Å². The van der Waals surface area contributed by atoms with Gasteiger partial charge in [-0.05, 0) is 0 Å². The quantitative estimate of drug-likeness (QED) is 0.474. The molecule has 0 heterocycles. The van der Waals surface area contributed by atoms with Crippen LogP contribution in [0.15, 0.2) is 0 Å². The van der Waals surface area contributed by atoms with Gasteiger partial charge in [-0.3, -0.25) is 0 Å². The van der Waals surface area contributed by atoms with Crippen molar-refractivity contribution < 1.29 is 9.05 Å². The SMILES string of the molecule is CC(C)CC[O][Sb]([O]CCC(C)C)[O]CCC(C)C. The summed E-state index contributed by atoms with van der Waals surface area (Å²) in [6.07, 6.45) is 3.26. The molecule has 0 bridgehead atoms. The van der Waals surface area contributed by atoms with E-state index in [1.807, 2.05) is 0 Å². The molecule has 0 fully saturated rings. The summed E-state index contributed by atoms with van der Waals surface area (Å²) in [7, 11) is 0. The Labute approximate surface area is 129 Å². The third-order valence-electron chi connectivity index (χ3n) is 2.68. The van der Waals surface area contributed by atoms with Crippen LogP contribution in [0.5, 0.6) is 0 Å². The van der Waals surface area contributed by atoms with E-state index in [4.69, 9.17) is 9.05 Å². The topological polar surface area (TPSA) is 27.7 Å². The van der Waals surface area contributed by atoms with E-state index in [2.05, 4.69) is 41.5 Å². The van der Waals surface area contributed by atoms with E-state index in [1.54, 1.807) is 0 Å². The summed E-state index contributed by atoms with van der Waals surface area (Å²) in [5.41, 5.74) is 0. The summed E-state index contributed by atoms with van der Waals surface area (Å²) >= 11 is -2.37. The molecule has 116 valence electrons. The van der Waals surface area contributed by atoms with Gasteiger partial charge in [0.05, 0.1) is 0 Å². The molecular weight excluding hydrogens is 350 g/mol. The molecule has 0 aromatic heterocycles. The molecule has 0 aliphatic carbocycles. The molecule has 0 aromatic rings. The molecule has 4 heteroatoms. The van der Waals surface area contributed by atoms with Crippen molar-refractivity contribution in [1.29, 1.82) is 0 Å². The maximum absolute atomic E-state index is 5.86. The molecule has 0 atom stereocenters. The molecule has 0 saturated carbocycles. The van der Waals surface area contributed by atoms with Crippen molar-refractivity contribution in [3.8, 4) is 0 Å². The molecule has 0 unspecified atom stereocenters. The first kappa shape index (κ1) is 19.7. The Hall–Kier alpha value is 0.698. The summed E-state index contributed by atoms with van der Waals surface area (Å²) in [6, 6.07) is 0. The van der Waals surface area contributed by atoms with Crippen LogP contribution in [0.25, 0.3) is 0 Å². The first-order chi connectivity index (χ1) is 8.91. The first-order valence-electron chi connectivity index (χ1n) is 7.60. The summed E-state index contributed by atoms with van der Waals surface area (Å²) in [5.74, 6) is 2.02. The first-order valence-corrected chi connectivity index (χ1v) is 10.7. The van der Waals surface area contributed by atoms with Crippen LogP contribution in [0.1, 0.15) is 60.8 Å². The van der Waals surface area contributed by atoms with Crippen molar-refractivity contribution >= 4 is 21.5 Å². The minimum absolute atomic E-state index is 0.675. The average Bonchev–Trinajstić information content (AvgIpc) is 2.26. The van der Waals surface area contributed by atoms with E-state index in [0.717, 1.165) is 39.1 Å². The van der Waals surface area contributed by atoms with Gasteiger partial charge in [0.15, 0.2) is 0 Å². The van der Waals surface area contributed by atoms with E-state index in [1.165, 1.54) is 0 Å². The zero-order valence-corrected chi connectivity index (χ0v) is 16.2. The van der Waals surface area contributed by atoms with Crippen LogP contribution >= 0.6 is 0 Å². The van der Waals surface area contributed by atoms with Crippen molar-refractivity contribution in [2.24, 2.45) is 17.8 Å². The van der Waals surface area contributed by atoms with Crippen LogP contribution in [-0.2, 0) is 9.05 Å². The molecule has 0 N–H and O–H groups in total. The monoisotopic (exact) mass is 382 g/mol. The van der Waals surface area contributed by atoms with Gasteiger partial charge in [-0.15, -0.1) is 0 Å². The Kier molecular flexibility index (Phi) is 12.9. The summed E-state index contributed by atoms with van der Waals surface area (Å²) in [4.78, 5) is 0. The van der Waals surface area contributed by atoms with Gasteiger partial charge in [-0.1, -0.05) is 0 Å². The second-order valence-corrected chi connectivity index (χ2v) is 9.76. The maximum atomic E-state index is 5.86. The van der Waals surface area contributed by atoms with Gasteiger partial charge in [0.1, 0.15) is 0 Å². The van der Waals surface area contributed by atoms with Crippen molar-refractivity contribution in [2.45, 2.75) is 60.8 Å². The molecule has 0 amide bonds. The molecule has 0 aliphatic heterocycles. The normalized spacial score (nSPS) is 12.3. The van der Waals surface area contributed by atoms with Gasteiger partial charge in [-0.25, -0.2) is 0 Å². The Bertz CT molecular complexity index is 163. The fourth-order valence-corrected chi connectivity index (χ4v) is 4.02. The van der Waals surface area contributed by atoms with Crippen LogP contribution < -0.4 is 0 Å². The molecule has 0 rings (SSSR count). The van der Waals surface area contributed by atoms with Crippen LogP contribution in [0.3, 0.4) is 0 Å². The van der Waals surface area contributed by atoms with Gasteiger partial charge in [0.2, 0.25) is 0 Å². The van der Waals surface area contributed by atoms with E-state index in [0.29, 0.717) is 17.8 Å². The van der Waals surface area contributed by atoms with Crippen LogP contribution in [0, 0.1) is 17.8 Å². The third kappa shape index (κ3) is 14.9. The van der Waals surface area contributed by atoms with Crippen LogP contribution in [0.4, 0.5) is 0 Å². The van der Waals surface area contributed by atoms with E-state index in [-0.39, 0.29) is 0 Å². The van der Waals surface area contributed by atoms with E-state index < -0.39 is 21.5 Å². The zero-order chi connectivity index (χ0) is 14.7. The van der Waals surface area contributed by atoms with Crippen LogP contribution in [-0.4, -0.2) is 41.3 Å². The van der Waals surface area contributed by atoms with Gasteiger partial charge < -0.3 is 0 Å². The standard InChI is InChI=1S/3C5H11O.Sb/c3*1-5(2)3-4-6;/h3*5H,3-4H2,1-2H3;/q3*-1;+3. The Morgan fingerprint density at radius 2 is 0.842 bits per heavy atom. The Morgan fingerprint density at radius 1 is 0.579 bits per heavy atom. The second-order valence-electron chi connectivity index (χ2n) is 6.27. The molecule has 0 saturated heterocycles. The Balaban J connectivity index is 3.85. The van der Waals surface area contributed by atoms with E-state index in [9.17, 15) is 0 Å². The van der Waals surface area contributed by atoms with Gasteiger partial charge in [0.25, 0.3) is 0 Å². The summed E-state index contributed by atoms with van der Waals surface area (Å²) in [6.45, 7) is 15.6. The van der Waals surface area contributed by atoms with Crippen molar-refractivity contribution in [3.05, 3.63) is 0 Å². The number of hydrogen-bond acceptors (Lipinski definition) is 3. The molecule has 0 radical (unpaired) electrons. The fourth-order valence-electron chi connectivity index (χ4n) is 1.20. The van der Waals surface area contributed by atoms with Crippen molar-refractivity contribution in [3.63, 3.8) is 0 Å². The van der Waals surface area contributed by atoms with Gasteiger partial charge in [-0.2, -0.15) is 0 Å². The summed E-state index contributed by atoms with van der Waals surface area (Å²) < 4.78 is 17.6. The molecule has 0 spiro atoms. The zero-order valence-electron chi connectivity index (χ0n) is 13.6. The fraction of sp³-hybridized carbons (Fsp3) is 1.00. The van der Waals surface area contributed by atoms with Gasteiger partial charge >= 0.3 is 129 Å².